The van der Waals surface area contributed by atoms with Crippen LogP contribution in [0.4, 0.5) is 0 Å². The number of amides is 1. The topological polar surface area (TPSA) is 116 Å². The predicted molar refractivity (Wildman–Crippen MR) is 99.1 cm³/mol. The standard InChI is InChI=1S/C19H17NO7S/c21-18(20-12-5-7-28(23,24)11-12)10-26-13-3-4-16-14(8-13)15(9-27-16)19(22)17-2-1-6-25-17/h1-4,6,8-9,12H,5,7,10-11H2,(H,20,21)/t12-/m0/s1. The number of fused-ring (bicyclic) bond motifs is 1. The van der Waals surface area contributed by atoms with Crippen LogP contribution in [-0.2, 0) is 14.6 Å². The van der Waals surface area contributed by atoms with E-state index in [1.54, 1.807) is 30.3 Å². The summed E-state index contributed by atoms with van der Waals surface area (Å²) in [5.74, 6) is -0.0979. The molecule has 2 aromatic heterocycles. The number of furan rings is 2. The highest BCUT2D eigenvalue weighted by molar-refractivity contribution is 7.91. The van der Waals surface area contributed by atoms with E-state index in [9.17, 15) is 18.0 Å². The number of hydrogen-bond acceptors (Lipinski definition) is 7. The third kappa shape index (κ3) is 3.79. The van der Waals surface area contributed by atoms with Crippen LogP contribution in [0, 0.1) is 0 Å². The van der Waals surface area contributed by atoms with E-state index in [1.165, 1.54) is 12.5 Å². The molecule has 9 heteroatoms. The molecule has 1 amide bonds. The summed E-state index contributed by atoms with van der Waals surface area (Å²) in [6.45, 7) is -0.263. The van der Waals surface area contributed by atoms with E-state index >= 15 is 0 Å². The van der Waals surface area contributed by atoms with Crippen molar-refractivity contribution in [2.45, 2.75) is 12.5 Å². The van der Waals surface area contributed by atoms with E-state index in [1.807, 2.05) is 0 Å². The first-order valence-electron chi connectivity index (χ1n) is 8.63. The van der Waals surface area contributed by atoms with E-state index in [4.69, 9.17) is 13.6 Å². The summed E-state index contributed by atoms with van der Waals surface area (Å²) >= 11 is 0. The van der Waals surface area contributed by atoms with Crippen LogP contribution in [0.2, 0.25) is 0 Å². The van der Waals surface area contributed by atoms with Gasteiger partial charge >= 0.3 is 0 Å². The van der Waals surface area contributed by atoms with Crippen molar-refractivity contribution in [1.82, 2.24) is 5.32 Å². The Morgan fingerprint density at radius 3 is 2.79 bits per heavy atom. The molecule has 146 valence electrons. The zero-order chi connectivity index (χ0) is 19.7. The van der Waals surface area contributed by atoms with Gasteiger partial charge in [-0.2, -0.15) is 0 Å². The highest BCUT2D eigenvalue weighted by atomic mass is 32.2. The molecule has 28 heavy (non-hydrogen) atoms. The molecular weight excluding hydrogens is 386 g/mol. The summed E-state index contributed by atoms with van der Waals surface area (Å²) in [5, 5.41) is 3.20. The molecular formula is C19H17NO7S. The molecule has 0 radical (unpaired) electrons. The van der Waals surface area contributed by atoms with E-state index in [-0.39, 0.29) is 35.7 Å². The quantitative estimate of drug-likeness (QED) is 0.625. The van der Waals surface area contributed by atoms with E-state index in [2.05, 4.69) is 5.32 Å². The van der Waals surface area contributed by atoms with Crippen LogP contribution in [-0.4, -0.2) is 44.3 Å². The van der Waals surface area contributed by atoms with Gasteiger partial charge in [-0.25, -0.2) is 8.42 Å². The number of hydrogen-bond donors (Lipinski definition) is 1. The second kappa shape index (κ2) is 7.16. The second-order valence-electron chi connectivity index (χ2n) is 6.57. The number of ketones is 1. The number of benzene rings is 1. The molecule has 8 nitrogen and oxygen atoms in total. The first kappa shape index (κ1) is 18.3. The summed E-state index contributed by atoms with van der Waals surface area (Å²) < 4.78 is 38.9. The molecule has 3 heterocycles. The molecule has 0 aliphatic carbocycles. The van der Waals surface area contributed by atoms with Crippen LogP contribution in [0.3, 0.4) is 0 Å². The van der Waals surface area contributed by atoms with Gasteiger partial charge in [0, 0.05) is 11.4 Å². The summed E-state index contributed by atoms with van der Waals surface area (Å²) in [6.07, 6.45) is 3.18. The fourth-order valence-electron chi connectivity index (χ4n) is 3.14. The largest absolute Gasteiger partial charge is 0.484 e. The summed E-state index contributed by atoms with van der Waals surface area (Å²) in [5.41, 5.74) is 0.832. The minimum Gasteiger partial charge on any atom is -0.484 e. The minimum atomic E-state index is -3.06. The molecule has 1 atom stereocenters. The van der Waals surface area contributed by atoms with Crippen LogP contribution in [0.5, 0.6) is 5.75 Å². The van der Waals surface area contributed by atoms with Crippen molar-refractivity contribution in [3.05, 3.63) is 54.2 Å². The summed E-state index contributed by atoms with van der Waals surface area (Å²) in [6, 6.07) is 7.69. The lowest BCUT2D eigenvalue weighted by atomic mass is 10.1. The van der Waals surface area contributed by atoms with Gasteiger partial charge < -0.3 is 18.9 Å². The average molecular weight is 403 g/mol. The number of carbonyl (C=O) groups excluding carboxylic acids is 2. The van der Waals surface area contributed by atoms with Gasteiger partial charge in [0.2, 0.25) is 5.78 Å². The maximum atomic E-state index is 12.5. The number of nitrogens with one attached hydrogen (secondary N) is 1. The molecule has 1 saturated heterocycles. The van der Waals surface area contributed by atoms with Gasteiger partial charge in [0.05, 0.1) is 23.3 Å². The highest BCUT2D eigenvalue weighted by Crippen LogP contribution is 2.27. The zero-order valence-corrected chi connectivity index (χ0v) is 15.5. The smallest absolute Gasteiger partial charge is 0.258 e. The van der Waals surface area contributed by atoms with Crippen molar-refractivity contribution < 1.29 is 31.6 Å². The van der Waals surface area contributed by atoms with Crippen molar-refractivity contribution in [2.24, 2.45) is 0 Å². The molecule has 1 aliphatic heterocycles. The van der Waals surface area contributed by atoms with E-state index < -0.39 is 15.7 Å². The molecule has 1 N–H and O–H groups in total. The van der Waals surface area contributed by atoms with Gasteiger partial charge in [-0.3, -0.25) is 9.59 Å². The van der Waals surface area contributed by atoms with Crippen molar-refractivity contribution in [2.75, 3.05) is 18.1 Å². The minimum absolute atomic E-state index is 0.0437. The Morgan fingerprint density at radius 2 is 2.07 bits per heavy atom. The average Bonchev–Trinajstić information content (AvgIpc) is 3.39. The Bertz CT molecular complexity index is 1130. The first-order chi connectivity index (χ1) is 13.4. The molecule has 1 aromatic carbocycles. The Hall–Kier alpha value is -3.07. The van der Waals surface area contributed by atoms with Gasteiger partial charge in [-0.1, -0.05) is 0 Å². The Morgan fingerprint density at radius 1 is 1.21 bits per heavy atom. The van der Waals surface area contributed by atoms with Gasteiger partial charge in [0.15, 0.2) is 22.2 Å². The second-order valence-corrected chi connectivity index (χ2v) is 8.80. The molecule has 0 bridgehead atoms. The summed E-state index contributed by atoms with van der Waals surface area (Å²) in [4.78, 5) is 24.5. The van der Waals surface area contributed by atoms with Crippen LogP contribution in [0.25, 0.3) is 11.0 Å². The van der Waals surface area contributed by atoms with Gasteiger partial charge in [0.1, 0.15) is 17.6 Å². The molecule has 0 spiro atoms. The summed E-state index contributed by atoms with van der Waals surface area (Å²) in [7, 11) is -3.06. The highest BCUT2D eigenvalue weighted by Gasteiger charge is 2.29. The van der Waals surface area contributed by atoms with E-state index in [0.29, 0.717) is 28.7 Å². The normalized spacial score (nSPS) is 18.2. The SMILES string of the molecule is O=C(COc1ccc2occ(C(=O)c3ccco3)c2c1)N[C@H]1CCS(=O)(=O)C1. The molecule has 1 aliphatic rings. The third-order valence-corrected chi connectivity index (χ3v) is 6.27. The maximum Gasteiger partial charge on any atom is 0.258 e. The number of ether oxygens (including phenoxy) is 1. The van der Waals surface area contributed by atoms with Gasteiger partial charge in [-0.05, 0) is 36.8 Å². The molecule has 0 unspecified atom stereocenters. The Kier molecular flexibility index (Phi) is 4.68. The fraction of sp³-hybridized carbons (Fsp3) is 0.263. The lowest BCUT2D eigenvalue weighted by Crippen LogP contribution is -2.38. The Balaban J connectivity index is 1.44. The molecule has 0 saturated carbocycles. The van der Waals surface area contributed by atoms with Crippen molar-refractivity contribution >= 4 is 32.5 Å². The van der Waals surface area contributed by atoms with Crippen LogP contribution in [0.1, 0.15) is 22.5 Å². The van der Waals surface area contributed by atoms with Crippen molar-refractivity contribution in [1.29, 1.82) is 0 Å². The molecule has 4 rings (SSSR count). The molecule has 3 aromatic rings. The lowest BCUT2D eigenvalue weighted by Gasteiger charge is -2.11. The van der Waals surface area contributed by atoms with Crippen molar-refractivity contribution in [3.8, 4) is 5.75 Å². The fourth-order valence-corrected chi connectivity index (χ4v) is 4.81. The molecule has 1 fully saturated rings. The monoisotopic (exact) mass is 403 g/mol. The van der Waals surface area contributed by atoms with Gasteiger partial charge in [0.25, 0.3) is 5.91 Å². The zero-order valence-electron chi connectivity index (χ0n) is 14.7. The van der Waals surface area contributed by atoms with Crippen LogP contribution in [0.15, 0.2) is 51.7 Å². The van der Waals surface area contributed by atoms with E-state index in [0.717, 1.165) is 0 Å². The van der Waals surface area contributed by atoms with Crippen LogP contribution < -0.4 is 10.1 Å². The number of sulfone groups is 1. The first-order valence-corrected chi connectivity index (χ1v) is 10.5. The van der Waals surface area contributed by atoms with Crippen LogP contribution >= 0.6 is 0 Å². The number of rotatable bonds is 6. The lowest BCUT2D eigenvalue weighted by molar-refractivity contribution is -0.123. The van der Waals surface area contributed by atoms with Crippen molar-refractivity contribution in [3.63, 3.8) is 0 Å². The maximum absolute atomic E-state index is 12.5. The third-order valence-electron chi connectivity index (χ3n) is 4.50. The predicted octanol–water partition coefficient (Wildman–Crippen LogP) is 1.94. The number of carbonyl (C=O) groups is 2. The van der Waals surface area contributed by atoms with Gasteiger partial charge in [-0.15, -0.1) is 0 Å². The Labute approximate surface area is 160 Å².